The standard InChI is InChI=1S/C20H13ClF3N3O2S/c21-13-1-6-17-16(9-13)12(7-8-25-17)10-26-11-18(28)27(19(26)29)14-2-4-15(5-3-14)30-20(22,23)24/h1-9,11,28H,10H2. The molecule has 0 aliphatic rings. The SMILES string of the molecule is O=c1n(Cc2ccnc3ccc(Cl)cc23)cc(O)n1-c1ccc(SC(F)(F)F)cc1. The van der Waals surface area contributed by atoms with Crippen LogP contribution in [0.15, 0.2) is 70.6 Å². The molecule has 0 atom stereocenters. The third-order valence-corrected chi connectivity index (χ3v) is 5.37. The van der Waals surface area contributed by atoms with Crippen LogP contribution in [-0.4, -0.2) is 24.7 Å². The maximum absolute atomic E-state index is 12.9. The highest BCUT2D eigenvalue weighted by molar-refractivity contribution is 8.00. The van der Waals surface area contributed by atoms with Gasteiger partial charge in [0.2, 0.25) is 5.88 Å². The maximum atomic E-state index is 12.9. The number of nitrogens with zero attached hydrogens (tertiary/aromatic N) is 3. The van der Waals surface area contributed by atoms with Crippen LogP contribution in [0.2, 0.25) is 5.02 Å². The highest BCUT2D eigenvalue weighted by Crippen LogP contribution is 2.37. The van der Waals surface area contributed by atoms with Crippen LogP contribution in [0.25, 0.3) is 16.6 Å². The van der Waals surface area contributed by atoms with Crippen LogP contribution in [0.1, 0.15) is 5.56 Å². The summed E-state index contributed by atoms with van der Waals surface area (Å²) in [5, 5.41) is 11.6. The van der Waals surface area contributed by atoms with Crippen LogP contribution in [0.5, 0.6) is 5.88 Å². The van der Waals surface area contributed by atoms with Crippen LogP contribution >= 0.6 is 23.4 Å². The first kappa shape index (κ1) is 20.4. The molecule has 1 N–H and O–H groups in total. The van der Waals surface area contributed by atoms with Gasteiger partial charge in [-0.05, 0) is 65.9 Å². The summed E-state index contributed by atoms with van der Waals surface area (Å²) in [6.45, 7) is 0.154. The number of alkyl halides is 3. The Morgan fingerprint density at radius 3 is 2.53 bits per heavy atom. The van der Waals surface area contributed by atoms with Gasteiger partial charge < -0.3 is 5.11 Å². The molecule has 30 heavy (non-hydrogen) atoms. The molecular weight excluding hydrogens is 439 g/mol. The molecule has 0 unspecified atom stereocenters. The van der Waals surface area contributed by atoms with Crippen molar-refractivity contribution in [1.29, 1.82) is 0 Å². The predicted octanol–water partition coefficient (Wildman–Crippen LogP) is 5.21. The molecule has 0 saturated heterocycles. The average Bonchev–Trinajstić information content (AvgIpc) is 2.95. The van der Waals surface area contributed by atoms with E-state index in [0.717, 1.165) is 15.5 Å². The normalized spacial score (nSPS) is 11.9. The van der Waals surface area contributed by atoms with Crippen molar-refractivity contribution >= 4 is 34.3 Å². The van der Waals surface area contributed by atoms with Gasteiger partial charge in [-0.15, -0.1) is 0 Å². The van der Waals surface area contributed by atoms with Crippen molar-refractivity contribution in [3.8, 4) is 11.6 Å². The van der Waals surface area contributed by atoms with Gasteiger partial charge in [-0.3, -0.25) is 9.55 Å². The molecule has 10 heteroatoms. The van der Waals surface area contributed by atoms with Gasteiger partial charge >= 0.3 is 11.2 Å². The molecule has 0 aliphatic carbocycles. The first-order valence-corrected chi connectivity index (χ1v) is 9.81. The Labute approximate surface area is 177 Å². The summed E-state index contributed by atoms with van der Waals surface area (Å²) in [5.41, 5.74) is -3.19. The van der Waals surface area contributed by atoms with Gasteiger partial charge in [-0.1, -0.05) is 11.6 Å². The lowest BCUT2D eigenvalue weighted by atomic mass is 10.1. The van der Waals surface area contributed by atoms with Crippen LogP contribution in [-0.2, 0) is 6.54 Å². The number of fused-ring (bicyclic) bond motifs is 1. The van der Waals surface area contributed by atoms with Gasteiger partial charge in [-0.2, -0.15) is 13.2 Å². The number of hydrogen-bond acceptors (Lipinski definition) is 4. The van der Waals surface area contributed by atoms with Crippen LogP contribution in [0.3, 0.4) is 0 Å². The molecule has 0 bridgehead atoms. The Kier molecular flexibility index (Phi) is 5.25. The number of aromatic hydroxyl groups is 1. The molecular formula is C20H13ClF3N3O2S. The Morgan fingerprint density at radius 2 is 1.83 bits per heavy atom. The van der Waals surface area contributed by atoms with E-state index in [1.807, 2.05) is 0 Å². The molecule has 0 fully saturated rings. The zero-order valence-electron chi connectivity index (χ0n) is 15.1. The maximum Gasteiger partial charge on any atom is 0.446 e. The van der Waals surface area contributed by atoms with E-state index in [4.69, 9.17) is 11.6 Å². The zero-order chi connectivity index (χ0) is 21.5. The van der Waals surface area contributed by atoms with Crippen molar-refractivity contribution in [2.45, 2.75) is 16.9 Å². The van der Waals surface area contributed by atoms with Crippen LogP contribution in [0, 0.1) is 0 Å². The van der Waals surface area contributed by atoms with Gasteiger partial charge in [0.25, 0.3) is 0 Å². The molecule has 2 aromatic heterocycles. The number of imidazole rings is 1. The van der Waals surface area contributed by atoms with E-state index in [0.29, 0.717) is 10.5 Å². The van der Waals surface area contributed by atoms with Crippen LogP contribution in [0.4, 0.5) is 13.2 Å². The van der Waals surface area contributed by atoms with Gasteiger partial charge in [-0.25, -0.2) is 9.36 Å². The van der Waals surface area contributed by atoms with Crippen molar-refractivity contribution < 1.29 is 18.3 Å². The summed E-state index contributed by atoms with van der Waals surface area (Å²) < 4.78 is 39.8. The summed E-state index contributed by atoms with van der Waals surface area (Å²) in [6, 6.07) is 12.2. The average molecular weight is 452 g/mol. The van der Waals surface area contributed by atoms with Crippen LogP contribution < -0.4 is 5.69 Å². The summed E-state index contributed by atoms with van der Waals surface area (Å²) in [6.07, 6.45) is 2.89. The smallest absolute Gasteiger partial charge is 0.446 e. The molecule has 4 rings (SSSR count). The summed E-state index contributed by atoms with van der Waals surface area (Å²) in [5.74, 6) is -0.326. The lowest BCUT2D eigenvalue weighted by Gasteiger charge is -2.08. The van der Waals surface area contributed by atoms with E-state index in [1.54, 1.807) is 30.5 Å². The number of rotatable bonds is 4. The van der Waals surface area contributed by atoms with Crippen molar-refractivity contribution in [3.63, 3.8) is 0 Å². The molecule has 0 radical (unpaired) electrons. The largest absolute Gasteiger partial charge is 0.493 e. The number of hydrogen-bond donors (Lipinski definition) is 1. The highest BCUT2D eigenvalue weighted by atomic mass is 35.5. The molecule has 2 heterocycles. The van der Waals surface area contributed by atoms with Gasteiger partial charge in [0, 0.05) is 21.5 Å². The van der Waals surface area contributed by atoms with E-state index >= 15 is 0 Å². The Morgan fingerprint density at radius 1 is 1.10 bits per heavy atom. The quantitative estimate of drug-likeness (QED) is 0.433. The number of halogens is 4. The molecule has 154 valence electrons. The predicted molar refractivity (Wildman–Crippen MR) is 109 cm³/mol. The summed E-state index contributed by atoms with van der Waals surface area (Å²) >= 11 is 5.83. The number of benzene rings is 2. The first-order valence-electron chi connectivity index (χ1n) is 8.62. The zero-order valence-corrected chi connectivity index (χ0v) is 16.7. The first-order chi connectivity index (χ1) is 14.2. The lowest BCUT2D eigenvalue weighted by molar-refractivity contribution is -0.0328. The van der Waals surface area contributed by atoms with E-state index in [-0.39, 0.29) is 34.8 Å². The minimum absolute atomic E-state index is 0.0154. The molecule has 0 saturated carbocycles. The molecule has 4 aromatic rings. The van der Waals surface area contributed by atoms with E-state index in [9.17, 15) is 23.1 Å². The molecule has 0 spiro atoms. The fourth-order valence-electron chi connectivity index (χ4n) is 3.13. The summed E-state index contributed by atoms with van der Waals surface area (Å²) in [7, 11) is 0. The minimum atomic E-state index is -4.40. The third kappa shape index (κ3) is 4.17. The Hall–Kier alpha value is -2.91. The second-order valence-corrected chi connectivity index (χ2v) is 7.98. The topological polar surface area (TPSA) is 60.1 Å². The Balaban J connectivity index is 1.68. The fourth-order valence-corrected chi connectivity index (χ4v) is 3.84. The second kappa shape index (κ2) is 7.73. The number of aromatic nitrogens is 3. The van der Waals surface area contributed by atoms with Crippen molar-refractivity contribution in [2.75, 3.05) is 0 Å². The van der Waals surface area contributed by atoms with Gasteiger partial charge in [0.15, 0.2) is 0 Å². The van der Waals surface area contributed by atoms with Crippen molar-refractivity contribution in [3.05, 3.63) is 82.0 Å². The van der Waals surface area contributed by atoms with Crippen molar-refractivity contribution in [2.24, 2.45) is 0 Å². The van der Waals surface area contributed by atoms with Gasteiger partial charge in [0.05, 0.1) is 23.9 Å². The Bertz CT molecular complexity index is 1280. The molecule has 2 aromatic carbocycles. The summed E-state index contributed by atoms with van der Waals surface area (Å²) in [4.78, 5) is 17.1. The number of thioether (sulfide) groups is 1. The van der Waals surface area contributed by atoms with E-state index in [2.05, 4.69) is 4.98 Å². The monoisotopic (exact) mass is 451 g/mol. The molecule has 5 nitrogen and oxygen atoms in total. The molecule has 0 amide bonds. The lowest BCUT2D eigenvalue weighted by Crippen LogP contribution is -2.23. The number of pyridine rings is 1. The van der Waals surface area contributed by atoms with E-state index < -0.39 is 11.2 Å². The third-order valence-electron chi connectivity index (χ3n) is 4.40. The van der Waals surface area contributed by atoms with Gasteiger partial charge in [0.1, 0.15) is 0 Å². The second-order valence-electron chi connectivity index (χ2n) is 6.41. The fraction of sp³-hybridized carbons (Fsp3) is 0.100. The van der Waals surface area contributed by atoms with Crippen molar-refractivity contribution in [1.82, 2.24) is 14.1 Å². The van der Waals surface area contributed by atoms with E-state index in [1.165, 1.54) is 35.0 Å². The molecule has 0 aliphatic heterocycles. The minimum Gasteiger partial charge on any atom is -0.493 e. The highest BCUT2D eigenvalue weighted by Gasteiger charge is 2.29.